The number of carbonyl (C=O) groups is 1. The van der Waals surface area contributed by atoms with Crippen molar-refractivity contribution in [1.29, 1.82) is 0 Å². The third kappa shape index (κ3) is 1.83. The lowest BCUT2D eigenvalue weighted by atomic mass is 9.92. The van der Waals surface area contributed by atoms with Crippen molar-refractivity contribution in [3.8, 4) is 0 Å². The zero-order chi connectivity index (χ0) is 11.8. The molecule has 0 radical (unpaired) electrons. The van der Waals surface area contributed by atoms with Crippen LogP contribution in [0.2, 0.25) is 0 Å². The molecule has 88 valence electrons. The van der Waals surface area contributed by atoms with Crippen LogP contribution < -0.4 is 5.73 Å². The van der Waals surface area contributed by atoms with E-state index in [1.165, 1.54) is 0 Å². The highest BCUT2D eigenvalue weighted by Gasteiger charge is 2.56. The average Bonchev–Trinajstić information content (AvgIpc) is 2.20. The van der Waals surface area contributed by atoms with Gasteiger partial charge in [0.1, 0.15) is 24.4 Å². The van der Waals surface area contributed by atoms with Gasteiger partial charge in [-0.3, -0.25) is 4.79 Å². The predicted octanol–water partition coefficient (Wildman–Crippen LogP) is -4.37. The normalized spacial score (nSPS) is 46.5. The van der Waals surface area contributed by atoms with Crippen molar-refractivity contribution in [3.63, 3.8) is 0 Å². The van der Waals surface area contributed by atoms with Gasteiger partial charge in [-0.2, -0.15) is 0 Å². The van der Waals surface area contributed by atoms with Gasteiger partial charge < -0.3 is 36.0 Å². The molecule has 1 saturated heterocycles. The zero-order valence-electron chi connectivity index (χ0n) is 7.65. The maximum Gasteiger partial charge on any atom is 0.280 e. The van der Waals surface area contributed by atoms with Gasteiger partial charge in [0.2, 0.25) is 0 Å². The molecule has 15 heavy (non-hydrogen) atoms. The summed E-state index contributed by atoms with van der Waals surface area (Å²) in [7, 11) is 0. The molecule has 5 atom stereocenters. The number of rotatable bonds is 2. The van der Waals surface area contributed by atoms with E-state index in [2.05, 4.69) is 4.74 Å². The van der Waals surface area contributed by atoms with Gasteiger partial charge in [-0.15, -0.1) is 0 Å². The van der Waals surface area contributed by atoms with Crippen molar-refractivity contribution in [2.45, 2.75) is 30.2 Å². The molecule has 1 fully saturated rings. The van der Waals surface area contributed by atoms with Crippen LogP contribution >= 0.6 is 0 Å². The molecule has 1 aliphatic heterocycles. The maximum absolute atomic E-state index is 10.8. The van der Waals surface area contributed by atoms with Crippen LogP contribution in [0.5, 0.6) is 0 Å². The molecule has 0 aliphatic carbocycles. The Bertz CT molecular complexity index is 258. The number of hydrogen-bond donors (Lipinski definition) is 6. The van der Waals surface area contributed by atoms with Crippen LogP contribution in [0, 0.1) is 0 Å². The minimum atomic E-state index is -2.81. The Hall–Kier alpha value is -0.770. The second kappa shape index (κ2) is 4.00. The number of aliphatic hydroxyl groups excluding tert-OH is 4. The minimum absolute atomic E-state index is 0.749. The van der Waals surface area contributed by atoms with E-state index in [0.717, 1.165) is 0 Å². The lowest BCUT2D eigenvalue weighted by molar-refractivity contribution is -0.330. The van der Waals surface area contributed by atoms with E-state index in [1.54, 1.807) is 0 Å². The Morgan fingerprint density at radius 3 is 2.27 bits per heavy atom. The summed E-state index contributed by atoms with van der Waals surface area (Å²) in [6.45, 7) is -0.749. The lowest BCUT2D eigenvalue weighted by Crippen LogP contribution is -2.69. The highest BCUT2D eigenvalue weighted by Crippen LogP contribution is 2.27. The first-order valence-corrected chi connectivity index (χ1v) is 4.19. The quantitative estimate of drug-likeness (QED) is 0.276. The zero-order valence-corrected chi connectivity index (χ0v) is 7.65. The fraction of sp³-hybridized carbons (Fsp3) is 0.857. The molecule has 8 heteroatoms. The molecule has 7 N–H and O–H groups in total. The predicted molar refractivity (Wildman–Crippen MR) is 44.1 cm³/mol. The monoisotopic (exact) mass is 223 g/mol. The molecule has 0 aromatic heterocycles. The van der Waals surface area contributed by atoms with Crippen molar-refractivity contribution < 1.29 is 35.1 Å². The van der Waals surface area contributed by atoms with E-state index >= 15 is 0 Å². The molecular formula is C7H13NO7. The molecule has 1 aliphatic rings. The molecule has 0 unspecified atom stereocenters. The number of amides is 1. The van der Waals surface area contributed by atoms with E-state index in [4.69, 9.17) is 10.8 Å². The molecule has 0 aromatic rings. The molecule has 1 amide bonds. The Labute approximate surface area is 84.5 Å². The van der Waals surface area contributed by atoms with Gasteiger partial charge in [0.25, 0.3) is 11.7 Å². The Morgan fingerprint density at radius 1 is 1.33 bits per heavy atom. The van der Waals surface area contributed by atoms with Crippen molar-refractivity contribution in [2.24, 2.45) is 5.73 Å². The first-order chi connectivity index (χ1) is 6.84. The Morgan fingerprint density at radius 2 is 1.87 bits per heavy atom. The van der Waals surface area contributed by atoms with Crippen LogP contribution in [0.25, 0.3) is 0 Å². The van der Waals surface area contributed by atoms with Gasteiger partial charge in [0.15, 0.2) is 0 Å². The van der Waals surface area contributed by atoms with Gasteiger partial charge in [0, 0.05) is 0 Å². The topological polar surface area (TPSA) is 153 Å². The van der Waals surface area contributed by atoms with E-state index in [1.807, 2.05) is 0 Å². The number of primary amides is 1. The second-order valence-electron chi connectivity index (χ2n) is 3.33. The van der Waals surface area contributed by atoms with E-state index in [0.29, 0.717) is 0 Å². The molecule has 1 heterocycles. The lowest BCUT2D eigenvalue weighted by Gasteiger charge is -2.43. The summed E-state index contributed by atoms with van der Waals surface area (Å²) in [5.41, 5.74) is 4.77. The molecule has 8 nitrogen and oxygen atoms in total. The molecular weight excluding hydrogens is 210 g/mol. The average molecular weight is 223 g/mol. The van der Waals surface area contributed by atoms with Crippen LogP contribution in [-0.4, -0.2) is 68.2 Å². The van der Waals surface area contributed by atoms with Gasteiger partial charge >= 0.3 is 0 Å². The summed E-state index contributed by atoms with van der Waals surface area (Å²) in [6.07, 6.45) is -6.94. The number of ether oxygens (including phenoxy) is 1. The molecule has 0 aromatic carbocycles. The summed E-state index contributed by atoms with van der Waals surface area (Å²) in [4.78, 5) is 10.8. The van der Waals surface area contributed by atoms with Gasteiger partial charge in [-0.25, -0.2) is 0 Å². The van der Waals surface area contributed by atoms with Crippen LogP contribution in [0.4, 0.5) is 0 Å². The van der Waals surface area contributed by atoms with Crippen molar-refractivity contribution in [1.82, 2.24) is 0 Å². The van der Waals surface area contributed by atoms with Crippen LogP contribution in [0.1, 0.15) is 0 Å². The van der Waals surface area contributed by atoms with Crippen LogP contribution in [-0.2, 0) is 9.53 Å². The first kappa shape index (κ1) is 12.3. The van der Waals surface area contributed by atoms with Crippen LogP contribution in [0.15, 0.2) is 0 Å². The molecule has 0 saturated carbocycles. The molecule has 0 spiro atoms. The summed E-state index contributed by atoms with van der Waals surface area (Å²) >= 11 is 0. The number of aliphatic hydroxyl groups is 5. The third-order valence-corrected chi connectivity index (χ3v) is 2.32. The van der Waals surface area contributed by atoms with Crippen molar-refractivity contribution in [2.75, 3.05) is 6.61 Å². The van der Waals surface area contributed by atoms with Gasteiger partial charge in [-0.05, 0) is 0 Å². The number of hydrogen-bond acceptors (Lipinski definition) is 7. The van der Waals surface area contributed by atoms with Crippen LogP contribution in [0.3, 0.4) is 0 Å². The SMILES string of the molecule is NC(=O)[C@]1(O)O[C@H](CO)[C@@H](O)[C@H](O)[C@H]1O. The largest absolute Gasteiger partial charge is 0.394 e. The summed E-state index contributed by atoms with van der Waals surface area (Å²) in [5, 5.41) is 46.0. The van der Waals surface area contributed by atoms with Crippen molar-refractivity contribution in [3.05, 3.63) is 0 Å². The fourth-order valence-corrected chi connectivity index (χ4v) is 1.36. The van der Waals surface area contributed by atoms with Crippen molar-refractivity contribution >= 4 is 5.91 Å². The molecule has 0 bridgehead atoms. The highest BCUT2D eigenvalue weighted by atomic mass is 16.7. The third-order valence-electron chi connectivity index (χ3n) is 2.32. The Kier molecular flexibility index (Phi) is 3.28. The fourth-order valence-electron chi connectivity index (χ4n) is 1.36. The Balaban J connectivity index is 2.97. The molecule has 1 rings (SSSR count). The van der Waals surface area contributed by atoms with E-state index in [9.17, 15) is 25.2 Å². The van der Waals surface area contributed by atoms with Gasteiger partial charge in [-0.1, -0.05) is 0 Å². The van der Waals surface area contributed by atoms with E-state index < -0.39 is 42.7 Å². The van der Waals surface area contributed by atoms with Gasteiger partial charge in [0.05, 0.1) is 6.61 Å². The number of nitrogens with two attached hydrogens (primary N) is 1. The standard InChI is InChI=1S/C7H13NO7/c8-6(13)7(14)5(12)4(11)3(10)2(1-9)15-7/h2-5,9-12,14H,1H2,(H2,8,13)/t2-,3-,4+,5-,7-/m1/s1. The summed E-state index contributed by atoms with van der Waals surface area (Å²) < 4.78 is 4.55. The second-order valence-corrected chi connectivity index (χ2v) is 3.33. The van der Waals surface area contributed by atoms with E-state index in [-0.39, 0.29) is 0 Å². The maximum atomic E-state index is 10.8. The summed E-state index contributed by atoms with van der Waals surface area (Å²) in [6, 6.07) is 0. The smallest absolute Gasteiger partial charge is 0.280 e. The highest BCUT2D eigenvalue weighted by molar-refractivity contribution is 5.82. The first-order valence-electron chi connectivity index (χ1n) is 4.19. The minimum Gasteiger partial charge on any atom is -0.394 e. The number of carbonyl (C=O) groups excluding carboxylic acids is 1. The summed E-state index contributed by atoms with van der Waals surface area (Å²) in [5.74, 6) is -4.23.